The molecule has 0 radical (unpaired) electrons. The zero-order valence-corrected chi connectivity index (χ0v) is 13.4. The number of amides is 3. The van der Waals surface area contributed by atoms with E-state index in [1.165, 1.54) is 4.90 Å². The summed E-state index contributed by atoms with van der Waals surface area (Å²) < 4.78 is 2.10. The summed E-state index contributed by atoms with van der Waals surface area (Å²) in [5, 5.41) is 2.92. The summed E-state index contributed by atoms with van der Waals surface area (Å²) in [5.41, 5.74) is -0.745. The third-order valence-corrected chi connectivity index (χ3v) is 4.57. The number of carbonyl (C=O) groups is 2. The van der Waals surface area contributed by atoms with Gasteiger partial charge in [0.15, 0.2) is 0 Å². The quantitative estimate of drug-likeness (QED) is 0.836. The number of aryl methyl sites for hydroxylation is 1. The molecule has 3 rings (SSSR count). The molecule has 3 amide bonds. The minimum atomic E-state index is -0.745. The molecule has 1 N–H and O–H groups in total. The Kier molecular flexibility index (Phi) is 3.68. The normalized spacial score (nSPS) is 25.7. The number of aromatic nitrogens is 2. The fourth-order valence-corrected chi connectivity index (χ4v) is 3.39. The van der Waals surface area contributed by atoms with E-state index >= 15 is 0 Å². The van der Waals surface area contributed by atoms with Crippen LogP contribution in [0.5, 0.6) is 0 Å². The van der Waals surface area contributed by atoms with E-state index in [1.807, 2.05) is 20.0 Å². The number of imidazole rings is 1. The second-order valence-corrected chi connectivity index (χ2v) is 6.37. The van der Waals surface area contributed by atoms with Crippen LogP contribution in [0.4, 0.5) is 4.79 Å². The topological polar surface area (TPSA) is 70.5 Å². The lowest BCUT2D eigenvalue weighted by molar-refractivity contribution is -0.132. The summed E-state index contributed by atoms with van der Waals surface area (Å²) in [6.07, 6.45) is 4.42. The van der Waals surface area contributed by atoms with Crippen molar-refractivity contribution in [1.29, 1.82) is 0 Å². The Morgan fingerprint density at radius 1 is 1.41 bits per heavy atom. The molecule has 2 aliphatic heterocycles. The van der Waals surface area contributed by atoms with Crippen LogP contribution in [0.2, 0.25) is 0 Å². The molecule has 2 aliphatic rings. The molecule has 0 aliphatic carbocycles. The molecule has 120 valence electrons. The van der Waals surface area contributed by atoms with Gasteiger partial charge in [-0.05, 0) is 27.2 Å². The maximum absolute atomic E-state index is 12.6. The monoisotopic (exact) mass is 305 g/mol. The number of urea groups is 1. The highest BCUT2D eigenvalue weighted by atomic mass is 16.2. The van der Waals surface area contributed by atoms with Crippen LogP contribution in [0, 0.1) is 0 Å². The maximum atomic E-state index is 12.6. The number of likely N-dealkylation sites (tertiary alicyclic amines) is 1. The summed E-state index contributed by atoms with van der Waals surface area (Å²) in [6.45, 7) is 8.73. The van der Waals surface area contributed by atoms with E-state index in [0.29, 0.717) is 19.5 Å². The molecule has 2 fully saturated rings. The lowest BCUT2D eigenvalue weighted by Gasteiger charge is -2.23. The third kappa shape index (κ3) is 2.29. The predicted octanol–water partition coefficient (Wildman–Crippen LogP) is 0.808. The van der Waals surface area contributed by atoms with Gasteiger partial charge in [0.05, 0.1) is 6.54 Å². The minimum Gasteiger partial charge on any atom is -0.334 e. The Balaban J connectivity index is 1.72. The van der Waals surface area contributed by atoms with Crippen molar-refractivity contribution in [2.24, 2.45) is 0 Å². The Hall–Kier alpha value is -1.89. The van der Waals surface area contributed by atoms with Crippen LogP contribution in [-0.4, -0.2) is 56.0 Å². The van der Waals surface area contributed by atoms with Crippen LogP contribution in [0.1, 0.15) is 33.0 Å². The van der Waals surface area contributed by atoms with Gasteiger partial charge in [-0.25, -0.2) is 9.78 Å². The highest BCUT2D eigenvalue weighted by molar-refractivity contribution is 6.07. The molecule has 1 aromatic rings. The Morgan fingerprint density at radius 3 is 2.82 bits per heavy atom. The smallest absolute Gasteiger partial charge is 0.325 e. The number of imide groups is 1. The van der Waals surface area contributed by atoms with Crippen LogP contribution in [0.25, 0.3) is 0 Å². The van der Waals surface area contributed by atoms with Gasteiger partial charge in [0, 0.05) is 38.1 Å². The molecule has 0 bridgehead atoms. The van der Waals surface area contributed by atoms with Gasteiger partial charge in [-0.1, -0.05) is 0 Å². The molecule has 7 heteroatoms. The summed E-state index contributed by atoms with van der Waals surface area (Å²) >= 11 is 0. The van der Waals surface area contributed by atoms with Gasteiger partial charge in [-0.3, -0.25) is 14.6 Å². The van der Waals surface area contributed by atoms with Crippen molar-refractivity contribution in [1.82, 2.24) is 24.7 Å². The van der Waals surface area contributed by atoms with Crippen molar-refractivity contribution in [3.63, 3.8) is 0 Å². The van der Waals surface area contributed by atoms with Crippen molar-refractivity contribution in [3.05, 3.63) is 18.2 Å². The number of carbonyl (C=O) groups excluding carboxylic acids is 2. The average molecular weight is 305 g/mol. The van der Waals surface area contributed by atoms with Gasteiger partial charge in [0.1, 0.15) is 11.4 Å². The molecule has 3 heterocycles. The number of hydrogen-bond donors (Lipinski definition) is 1. The van der Waals surface area contributed by atoms with Crippen molar-refractivity contribution >= 4 is 11.9 Å². The highest BCUT2D eigenvalue weighted by Gasteiger charge is 2.55. The van der Waals surface area contributed by atoms with Crippen LogP contribution in [0.3, 0.4) is 0 Å². The molecular weight excluding hydrogens is 282 g/mol. The first-order chi connectivity index (χ1) is 10.5. The SMILES string of the molecule is CCn1ccnc1CN1CCC2(C1)NC(=O)N(C(C)C)C2=O. The van der Waals surface area contributed by atoms with Gasteiger partial charge in [-0.15, -0.1) is 0 Å². The molecular formula is C15H23N5O2. The van der Waals surface area contributed by atoms with Crippen molar-refractivity contribution < 1.29 is 9.59 Å². The van der Waals surface area contributed by atoms with Crippen LogP contribution < -0.4 is 5.32 Å². The zero-order chi connectivity index (χ0) is 15.9. The third-order valence-electron chi connectivity index (χ3n) is 4.57. The molecule has 1 spiro atoms. The molecule has 7 nitrogen and oxygen atoms in total. The lowest BCUT2D eigenvalue weighted by atomic mass is 9.98. The van der Waals surface area contributed by atoms with Gasteiger partial charge in [0.25, 0.3) is 5.91 Å². The van der Waals surface area contributed by atoms with Crippen molar-refractivity contribution in [2.75, 3.05) is 13.1 Å². The fourth-order valence-electron chi connectivity index (χ4n) is 3.39. The van der Waals surface area contributed by atoms with Crippen molar-refractivity contribution in [3.8, 4) is 0 Å². The number of hydrogen-bond acceptors (Lipinski definition) is 4. The second-order valence-electron chi connectivity index (χ2n) is 6.37. The lowest BCUT2D eigenvalue weighted by Crippen LogP contribution is -2.49. The van der Waals surface area contributed by atoms with E-state index in [9.17, 15) is 9.59 Å². The largest absolute Gasteiger partial charge is 0.334 e. The Labute approximate surface area is 130 Å². The number of rotatable bonds is 4. The number of nitrogens with zero attached hydrogens (tertiary/aromatic N) is 4. The standard InChI is InChI=1S/C15H23N5O2/c1-4-19-8-6-16-12(19)9-18-7-5-15(10-18)13(21)20(11(2)3)14(22)17-15/h6,8,11H,4-5,7,9-10H2,1-3H3,(H,17,22). The summed E-state index contributed by atoms with van der Waals surface area (Å²) in [5.74, 6) is 0.908. The molecule has 0 saturated carbocycles. The van der Waals surface area contributed by atoms with Gasteiger partial charge in [-0.2, -0.15) is 0 Å². The first kappa shape index (κ1) is 15.0. The van der Waals surface area contributed by atoms with E-state index in [4.69, 9.17) is 0 Å². The van der Waals surface area contributed by atoms with Crippen LogP contribution in [0.15, 0.2) is 12.4 Å². The molecule has 22 heavy (non-hydrogen) atoms. The predicted molar refractivity (Wildman–Crippen MR) is 81.0 cm³/mol. The molecule has 1 aromatic heterocycles. The van der Waals surface area contributed by atoms with Gasteiger partial charge in [0.2, 0.25) is 0 Å². The molecule has 0 aromatic carbocycles. The first-order valence-electron chi connectivity index (χ1n) is 7.85. The first-order valence-corrected chi connectivity index (χ1v) is 7.85. The Bertz CT molecular complexity index is 597. The average Bonchev–Trinajstić information content (AvgIpc) is 3.11. The van der Waals surface area contributed by atoms with E-state index in [2.05, 4.69) is 26.7 Å². The summed E-state index contributed by atoms with van der Waals surface area (Å²) in [6, 6.07) is -0.378. The summed E-state index contributed by atoms with van der Waals surface area (Å²) in [7, 11) is 0. The minimum absolute atomic E-state index is 0.0890. The highest BCUT2D eigenvalue weighted by Crippen LogP contribution is 2.30. The zero-order valence-electron chi connectivity index (χ0n) is 13.4. The summed E-state index contributed by atoms with van der Waals surface area (Å²) in [4.78, 5) is 32.6. The number of nitrogens with one attached hydrogen (secondary N) is 1. The molecule has 1 atom stereocenters. The second kappa shape index (κ2) is 5.39. The van der Waals surface area contributed by atoms with Crippen LogP contribution in [-0.2, 0) is 17.9 Å². The molecule has 2 saturated heterocycles. The van der Waals surface area contributed by atoms with E-state index in [0.717, 1.165) is 18.9 Å². The molecule has 1 unspecified atom stereocenters. The maximum Gasteiger partial charge on any atom is 0.325 e. The van der Waals surface area contributed by atoms with Crippen LogP contribution >= 0.6 is 0 Å². The fraction of sp³-hybridized carbons (Fsp3) is 0.667. The van der Waals surface area contributed by atoms with E-state index in [-0.39, 0.29) is 18.0 Å². The Morgan fingerprint density at radius 2 is 2.18 bits per heavy atom. The van der Waals surface area contributed by atoms with Crippen molar-refractivity contribution in [2.45, 2.75) is 51.9 Å². The van der Waals surface area contributed by atoms with Gasteiger partial charge < -0.3 is 9.88 Å². The van der Waals surface area contributed by atoms with Gasteiger partial charge >= 0.3 is 6.03 Å². The van der Waals surface area contributed by atoms with E-state index < -0.39 is 5.54 Å². The van der Waals surface area contributed by atoms with E-state index in [1.54, 1.807) is 6.20 Å².